The Kier molecular flexibility index (Phi) is 56.7. The first-order valence-corrected chi connectivity index (χ1v) is 32.9. The third-order valence-corrected chi connectivity index (χ3v) is 15.0. The molecular formula is C66H128NO8+. The average molecular weight is 1060 g/mol. The summed E-state index contributed by atoms with van der Waals surface area (Å²) in [7, 11) is 5.98. The van der Waals surface area contributed by atoms with Crippen LogP contribution < -0.4 is 0 Å². The lowest BCUT2D eigenvalue weighted by atomic mass is 10.0. The first-order chi connectivity index (χ1) is 36.6. The molecule has 0 aromatic carbocycles. The Morgan fingerprint density at radius 3 is 0.987 bits per heavy atom. The van der Waals surface area contributed by atoms with Crippen molar-refractivity contribution in [1.82, 2.24) is 0 Å². The fourth-order valence-electron chi connectivity index (χ4n) is 9.95. The lowest BCUT2D eigenvalue weighted by Crippen LogP contribution is -2.40. The van der Waals surface area contributed by atoms with E-state index in [1.807, 2.05) is 21.1 Å². The number of ether oxygens (including phenoxy) is 4. The van der Waals surface area contributed by atoms with Gasteiger partial charge in [0.15, 0.2) is 6.10 Å². The SMILES string of the molecule is CCCCCCCC/C=C\CCCCCCCCCC(=O)OC(COC(=O)CCCCCCCCCCCCCCCCCCCCCCCCCCCCCCCCCCC)COC(OCC[N+](C)(C)C)C(=O)O. The van der Waals surface area contributed by atoms with Crippen molar-refractivity contribution < 1.29 is 42.9 Å². The van der Waals surface area contributed by atoms with Crippen molar-refractivity contribution in [2.45, 2.75) is 347 Å². The maximum Gasteiger partial charge on any atom is 0.361 e. The summed E-state index contributed by atoms with van der Waals surface area (Å²) in [5.74, 6) is -1.98. The van der Waals surface area contributed by atoms with Gasteiger partial charge in [0.1, 0.15) is 13.2 Å². The minimum atomic E-state index is -1.51. The highest BCUT2D eigenvalue weighted by Gasteiger charge is 2.25. The largest absolute Gasteiger partial charge is 0.477 e. The highest BCUT2D eigenvalue weighted by atomic mass is 16.7. The first kappa shape index (κ1) is 73.0. The van der Waals surface area contributed by atoms with E-state index in [1.54, 1.807) is 0 Å². The number of carboxylic acids is 1. The molecule has 0 rings (SSSR count). The summed E-state index contributed by atoms with van der Waals surface area (Å²) >= 11 is 0. The van der Waals surface area contributed by atoms with E-state index in [1.165, 1.54) is 257 Å². The quantitative estimate of drug-likeness (QED) is 0.0211. The number of aliphatic carboxylic acids is 1. The molecule has 444 valence electrons. The second-order valence-electron chi connectivity index (χ2n) is 23.8. The zero-order chi connectivity index (χ0) is 54.8. The van der Waals surface area contributed by atoms with Crippen LogP contribution in [-0.4, -0.2) is 87.4 Å². The molecule has 0 spiro atoms. The number of likely N-dealkylation sites (N-methyl/N-ethyl adjacent to an activating group) is 1. The van der Waals surface area contributed by atoms with Gasteiger partial charge in [-0.05, 0) is 38.5 Å². The minimum absolute atomic E-state index is 0.177. The molecule has 0 fully saturated rings. The number of rotatable bonds is 62. The molecular weight excluding hydrogens is 935 g/mol. The Bertz CT molecular complexity index is 1240. The normalized spacial score (nSPS) is 12.7. The van der Waals surface area contributed by atoms with Gasteiger partial charge in [-0.1, -0.05) is 296 Å². The Morgan fingerprint density at radius 2 is 0.680 bits per heavy atom. The number of quaternary nitrogens is 1. The van der Waals surface area contributed by atoms with Gasteiger partial charge >= 0.3 is 17.9 Å². The van der Waals surface area contributed by atoms with E-state index in [4.69, 9.17) is 18.9 Å². The van der Waals surface area contributed by atoms with E-state index < -0.39 is 24.3 Å². The minimum Gasteiger partial charge on any atom is -0.477 e. The maximum absolute atomic E-state index is 12.9. The van der Waals surface area contributed by atoms with E-state index in [2.05, 4.69) is 26.0 Å². The monoisotopic (exact) mass is 1060 g/mol. The van der Waals surface area contributed by atoms with Crippen molar-refractivity contribution >= 4 is 17.9 Å². The summed E-state index contributed by atoms with van der Waals surface area (Å²) in [5, 5.41) is 9.71. The molecule has 0 aliphatic heterocycles. The maximum atomic E-state index is 12.9. The first-order valence-electron chi connectivity index (χ1n) is 32.9. The van der Waals surface area contributed by atoms with Crippen LogP contribution in [0.1, 0.15) is 335 Å². The molecule has 0 amide bonds. The zero-order valence-corrected chi connectivity index (χ0v) is 50.7. The van der Waals surface area contributed by atoms with Crippen molar-refractivity contribution in [2.24, 2.45) is 0 Å². The number of esters is 2. The number of hydrogen-bond donors (Lipinski definition) is 1. The van der Waals surface area contributed by atoms with Crippen LogP contribution in [0.15, 0.2) is 12.2 Å². The summed E-state index contributed by atoms with van der Waals surface area (Å²) in [5.41, 5.74) is 0. The van der Waals surface area contributed by atoms with E-state index >= 15 is 0 Å². The second-order valence-corrected chi connectivity index (χ2v) is 23.8. The van der Waals surface area contributed by atoms with Gasteiger partial charge in [-0.3, -0.25) is 9.59 Å². The van der Waals surface area contributed by atoms with Crippen LogP contribution >= 0.6 is 0 Å². The summed E-state index contributed by atoms with van der Waals surface area (Å²) in [6, 6.07) is 0. The topological polar surface area (TPSA) is 108 Å². The number of carbonyl (C=O) groups is 3. The fourth-order valence-corrected chi connectivity index (χ4v) is 9.95. The van der Waals surface area contributed by atoms with Gasteiger partial charge in [0, 0.05) is 12.8 Å². The molecule has 2 atom stereocenters. The highest BCUT2D eigenvalue weighted by Crippen LogP contribution is 2.19. The molecule has 0 aromatic heterocycles. The van der Waals surface area contributed by atoms with Gasteiger partial charge in [0.25, 0.3) is 6.29 Å². The number of nitrogens with zero attached hydrogens (tertiary/aromatic N) is 1. The van der Waals surface area contributed by atoms with E-state index in [-0.39, 0.29) is 32.2 Å². The lowest BCUT2D eigenvalue weighted by molar-refractivity contribution is -0.870. The summed E-state index contributed by atoms with van der Waals surface area (Å²) in [6.45, 7) is 4.93. The molecule has 0 radical (unpaired) electrons. The van der Waals surface area contributed by atoms with Gasteiger partial charge in [0.05, 0.1) is 34.4 Å². The van der Waals surface area contributed by atoms with Gasteiger partial charge in [0.2, 0.25) is 0 Å². The highest BCUT2D eigenvalue weighted by molar-refractivity contribution is 5.71. The summed E-state index contributed by atoms with van der Waals surface area (Å²) in [4.78, 5) is 37.5. The standard InChI is InChI=1S/C66H127NO8/c1-6-8-10-12-14-16-18-20-22-24-25-26-27-28-29-30-31-32-33-34-35-36-37-38-39-41-42-44-46-48-50-52-54-56-63(68)73-60-62(61-74-66(65(70)71)72-59-58-67(3,4)5)75-64(69)57-55-53-51-49-47-45-43-40-23-21-19-17-15-13-11-9-7-2/h21,23,62,66H,6-20,22,24-61H2,1-5H3/p+1/b23-21-. The molecule has 9 nitrogen and oxygen atoms in total. The van der Waals surface area contributed by atoms with Crippen molar-refractivity contribution in [3.63, 3.8) is 0 Å². The average Bonchev–Trinajstić information content (AvgIpc) is 3.38. The Balaban J connectivity index is 4.00. The van der Waals surface area contributed by atoms with Crippen LogP contribution in [0.4, 0.5) is 0 Å². The van der Waals surface area contributed by atoms with Crippen molar-refractivity contribution in [1.29, 1.82) is 0 Å². The lowest BCUT2D eigenvalue weighted by Gasteiger charge is -2.25. The van der Waals surface area contributed by atoms with E-state index in [0.29, 0.717) is 17.4 Å². The number of allylic oxidation sites excluding steroid dienone is 2. The summed E-state index contributed by atoms with van der Waals surface area (Å²) < 4.78 is 22.9. The van der Waals surface area contributed by atoms with Gasteiger partial charge in [-0.25, -0.2) is 4.79 Å². The van der Waals surface area contributed by atoms with Gasteiger partial charge in [-0.2, -0.15) is 0 Å². The van der Waals surface area contributed by atoms with Crippen LogP contribution in [-0.2, 0) is 33.3 Å². The third kappa shape index (κ3) is 59.5. The van der Waals surface area contributed by atoms with Gasteiger partial charge < -0.3 is 28.5 Å². The Labute approximate surface area is 465 Å². The third-order valence-electron chi connectivity index (χ3n) is 15.0. The van der Waals surface area contributed by atoms with Crippen LogP contribution in [0, 0.1) is 0 Å². The Hall–Kier alpha value is -1.97. The molecule has 1 N–H and O–H groups in total. The molecule has 9 heteroatoms. The van der Waals surface area contributed by atoms with Gasteiger partial charge in [-0.15, -0.1) is 0 Å². The zero-order valence-electron chi connectivity index (χ0n) is 50.7. The van der Waals surface area contributed by atoms with Crippen LogP contribution in [0.2, 0.25) is 0 Å². The molecule has 0 saturated carbocycles. The number of carboxylic acid groups (broad SMARTS) is 1. The molecule has 75 heavy (non-hydrogen) atoms. The number of hydrogen-bond acceptors (Lipinski definition) is 7. The van der Waals surface area contributed by atoms with Crippen molar-refractivity contribution in [3.05, 3.63) is 12.2 Å². The molecule has 0 aromatic rings. The van der Waals surface area contributed by atoms with Crippen molar-refractivity contribution in [2.75, 3.05) is 47.5 Å². The van der Waals surface area contributed by atoms with E-state index in [9.17, 15) is 19.5 Å². The molecule has 0 bridgehead atoms. The molecule has 0 aliphatic rings. The number of carbonyl (C=O) groups excluding carboxylic acids is 2. The summed E-state index contributed by atoms with van der Waals surface area (Å²) in [6.07, 6.45) is 66.1. The Morgan fingerprint density at radius 1 is 0.387 bits per heavy atom. The predicted molar refractivity (Wildman–Crippen MR) is 318 cm³/mol. The fraction of sp³-hybridized carbons (Fsp3) is 0.924. The molecule has 2 unspecified atom stereocenters. The van der Waals surface area contributed by atoms with Crippen molar-refractivity contribution in [3.8, 4) is 0 Å². The molecule has 0 saturated heterocycles. The molecule has 0 aliphatic carbocycles. The number of unbranched alkanes of at least 4 members (excludes halogenated alkanes) is 45. The predicted octanol–water partition coefficient (Wildman–Crippen LogP) is 19.7. The van der Waals surface area contributed by atoms with E-state index in [0.717, 1.165) is 51.4 Å². The van der Waals surface area contributed by atoms with Crippen LogP contribution in [0.3, 0.4) is 0 Å². The van der Waals surface area contributed by atoms with Crippen LogP contribution in [0.5, 0.6) is 0 Å². The molecule has 0 heterocycles. The second kappa shape index (κ2) is 58.2. The smallest absolute Gasteiger partial charge is 0.361 e. The van der Waals surface area contributed by atoms with Crippen LogP contribution in [0.25, 0.3) is 0 Å².